The Morgan fingerprint density at radius 3 is 2.43 bits per heavy atom. The highest BCUT2D eigenvalue weighted by Crippen LogP contribution is 2.49. The highest BCUT2D eigenvalue weighted by Gasteiger charge is 2.47. The fraction of sp³-hybridized carbons (Fsp3) is 0.593. The van der Waals surface area contributed by atoms with Crippen LogP contribution in [0.2, 0.25) is 0 Å². The quantitative estimate of drug-likeness (QED) is 0.535. The van der Waals surface area contributed by atoms with E-state index in [9.17, 15) is 9.59 Å². The average molecular weight is 482 g/mol. The van der Waals surface area contributed by atoms with Crippen molar-refractivity contribution in [3.63, 3.8) is 0 Å². The van der Waals surface area contributed by atoms with E-state index in [1.54, 1.807) is 4.90 Å². The lowest BCUT2D eigenvalue weighted by Gasteiger charge is -2.28. The molecule has 5 rings (SSSR count). The number of Topliss-reactive ketones (excluding diaryl/α,β-unsaturated/α-hetero) is 1. The van der Waals surface area contributed by atoms with Gasteiger partial charge in [-0.05, 0) is 97.8 Å². The number of carbonyl (C=O) groups excluding carboxylic acids is 2. The molecule has 1 aliphatic carbocycles. The first kappa shape index (κ1) is 23.9. The maximum Gasteiger partial charge on any atom is 0.416 e. The van der Waals surface area contributed by atoms with Crippen LogP contribution < -0.4 is 10.2 Å². The van der Waals surface area contributed by atoms with E-state index in [0.29, 0.717) is 35.0 Å². The van der Waals surface area contributed by atoms with E-state index in [2.05, 4.69) is 10.5 Å². The SMILES string of the molecule is Cc1noc(C)c1-c1cc(C(=O)C2CCC(C)(C)O2)c2c(c1)N(C(=O)OC(C)(C)C)C(C1CC1)N2. The molecule has 8 heteroatoms. The number of anilines is 2. The van der Waals surface area contributed by atoms with Gasteiger partial charge in [0.1, 0.15) is 23.6 Å². The largest absolute Gasteiger partial charge is 0.443 e. The molecular formula is C27H35N3O5. The standard InChI is InChI=1S/C27H35N3O5/c1-14-21(15(2)35-29-14)17-12-18(23(31)20-10-11-27(6,7)33-20)22-19(13-17)30(24(28-22)16-8-9-16)25(32)34-26(3,4)5/h12-13,16,20,24,28H,8-11H2,1-7H3. The maximum absolute atomic E-state index is 13.8. The Labute approximate surface area is 206 Å². The molecule has 0 radical (unpaired) electrons. The second-order valence-electron chi connectivity index (χ2n) is 11.7. The summed E-state index contributed by atoms with van der Waals surface area (Å²) in [6.07, 6.45) is 2.32. The van der Waals surface area contributed by atoms with E-state index in [0.717, 1.165) is 36.1 Å². The van der Waals surface area contributed by atoms with Crippen LogP contribution in [0.5, 0.6) is 0 Å². The fourth-order valence-electron chi connectivity index (χ4n) is 5.17. The van der Waals surface area contributed by atoms with Gasteiger partial charge in [0.15, 0.2) is 5.78 Å². The van der Waals surface area contributed by atoms with Crippen LogP contribution in [0.4, 0.5) is 16.2 Å². The van der Waals surface area contributed by atoms with E-state index in [1.807, 2.05) is 60.6 Å². The number of fused-ring (bicyclic) bond motifs is 1. The molecule has 2 unspecified atom stereocenters. The first-order valence-electron chi connectivity index (χ1n) is 12.5. The molecule has 35 heavy (non-hydrogen) atoms. The Morgan fingerprint density at radius 2 is 1.89 bits per heavy atom. The Balaban J connectivity index is 1.65. The number of ketones is 1. The first-order chi connectivity index (χ1) is 16.3. The number of amides is 1. The molecule has 1 N–H and O–H groups in total. The molecule has 0 bridgehead atoms. The fourth-order valence-corrected chi connectivity index (χ4v) is 5.17. The Bertz CT molecular complexity index is 1170. The normalized spacial score (nSPS) is 23.2. The van der Waals surface area contributed by atoms with E-state index in [4.69, 9.17) is 14.0 Å². The van der Waals surface area contributed by atoms with Gasteiger partial charge in [-0.3, -0.25) is 9.69 Å². The van der Waals surface area contributed by atoms with Gasteiger partial charge in [0.05, 0.1) is 22.7 Å². The summed E-state index contributed by atoms with van der Waals surface area (Å²) in [4.78, 5) is 29.0. The third-order valence-electron chi connectivity index (χ3n) is 6.96. The molecule has 1 saturated heterocycles. The number of benzene rings is 1. The van der Waals surface area contributed by atoms with Crippen LogP contribution in [0, 0.1) is 19.8 Å². The van der Waals surface area contributed by atoms with Gasteiger partial charge >= 0.3 is 6.09 Å². The number of nitrogens with one attached hydrogen (secondary N) is 1. The molecule has 2 aliphatic heterocycles. The Kier molecular flexibility index (Phi) is 5.51. The highest BCUT2D eigenvalue weighted by atomic mass is 16.6. The minimum Gasteiger partial charge on any atom is -0.443 e. The average Bonchev–Trinajstić information content (AvgIpc) is 3.31. The maximum atomic E-state index is 13.8. The third-order valence-corrected chi connectivity index (χ3v) is 6.96. The van der Waals surface area contributed by atoms with Crippen molar-refractivity contribution in [2.24, 2.45) is 5.92 Å². The summed E-state index contributed by atoms with van der Waals surface area (Å²) < 4.78 is 17.3. The number of nitrogens with zero attached hydrogens (tertiary/aromatic N) is 2. The molecule has 1 amide bonds. The third kappa shape index (κ3) is 4.44. The topological polar surface area (TPSA) is 93.9 Å². The van der Waals surface area contributed by atoms with Crippen molar-refractivity contribution in [1.82, 2.24) is 5.16 Å². The van der Waals surface area contributed by atoms with Crippen LogP contribution in [0.25, 0.3) is 11.1 Å². The van der Waals surface area contributed by atoms with Gasteiger partial charge in [-0.25, -0.2) is 4.79 Å². The number of aromatic nitrogens is 1. The van der Waals surface area contributed by atoms with Crippen molar-refractivity contribution in [2.75, 3.05) is 10.2 Å². The Hall–Kier alpha value is -2.87. The van der Waals surface area contributed by atoms with Crippen molar-refractivity contribution >= 4 is 23.3 Å². The molecule has 1 aromatic carbocycles. The highest BCUT2D eigenvalue weighted by molar-refractivity contribution is 6.11. The van der Waals surface area contributed by atoms with Gasteiger partial charge < -0.3 is 19.3 Å². The second-order valence-corrected chi connectivity index (χ2v) is 11.7. The van der Waals surface area contributed by atoms with Crippen LogP contribution in [0.15, 0.2) is 16.7 Å². The molecular weight excluding hydrogens is 446 g/mol. The van der Waals surface area contributed by atoms with E-state index in [1.165, 1.54) is 0 Å². The van der Waals surface area contributed by atoms with Gasteiger partial charge in [0.2, 0.25) is 0 Å². The number of ether oxygens (including phenoxy) is 2. The number of rotatable bonds is 4. The van der Waals surface area contributed by atoms with Crippen molar-refractivity contribution in [3.05, 3.63) is 29.2 Å². The molecule has 1 aromatic heterocycles. The number of carbonyl (C=O) groups is 2. The first-order valence-corrected chi connectivity index (χ1v) is 12.5. The second kappa shape index (κ2) is 8.08. The van der Waals surface area contributed by atoms with Gasteiger partial charge in [-0.1, -0.05) is 5.16 Å². The van der Waals surface area contributed by atoms with Gasteiger partial charge in [-0.2, -0.15) is 0 Å². The smallest absolute Gasteiger partial charge is 0.416 e. The zero-order valence-electron chi connectivity index (χ0n) is 21.7. The van der Waals surface area contributed by atoms with Gasteiger partial charge in [0, 0.05) is 11.1 Å². The van der Waals surface area contributed by atoms with Crippen molar-refractivity contribution in [2.45, 2.75) is 97.6 Å². The summed E-state index contributed by atoms with van der Waals surface area (Å²) >= 11 is 0. The van der Waals surface area contributed by atoms with Crippen LogP contribution >= 0.6 is 0 Å². The van der Waals surface area contributed by atoms with E-state index >= 15 is 0 Å². The van der Waals surface area contributed by atoms with Crippen molar-refractivity contribution < 1.29 is 23.6 Å². The van der Waals surface area contributed by atoms with Crippen LogP contribution in [-0.2, 0) is 9.47 Å². The molecule has 8 nitrogen and oxygen atoms in total. The molecule has 2 aromatic rings. The summed E-state index contributed by atoms with van der Waals surface area (Å²) in [6.45, 7) is 13.3. The summed E-state index contributed by atoms with van der Waals surface area (Å²) in [7, 11) is 0. The van der Waals surface area contributed by atoms with Crippen molar-refractivity contribution in [3.8, 4) is 11.1 Å². The van der Waals surface area contributed by atoms with Crippen LogP contribution in [-0.4, -0.2) is 40.5 Å². The molecule has 188 valence electrons. The summed E-state index contributed by atoms with van der Waals surface area (Å²) in [5, 5.41) is 7.63. The molecule has 0 spiro atoms. The summed E-state index contributed by atoms with van der Waals surface area (Å²) in [5.74, 6) is 0.892. The van der Waals surface area contributed by atoms with E-state index < -0.39 is 17.8 Å². The lowest BCUT2D eigenvalue weighted by atomic mass is 9.94. The monoisotopic (exact) mass is 481 g/mol. The van der Waals surface area contributed by atoms with Gasteiger partial charge in [-0.15, -0.1) is 0 Å². The van der Waals surface area contributed by atoms with Crippen LogP contribution in [0.1, 0.15) is 82.1 Å². The number of hydrogen-bond acceptors (Lipinski definition) is 7. The zero-order chi connectivity index (χ0) is 25.3. The van der Waals surface area contributed by atoms with Crippen LogP contribution in [0.3, 0.4) is 0 Å². The lowest BCUT2D eigenvalue weighted by Crippen LogP contribution is -2.44. The minimum atomic E-state index is -0.644. The van der Waals surface area contributed by atoms with Gasteiger partial charge in [0.25, 0.3) is 0 Å². The van der Waals surface area contributed by atoms with E-state index in [-0.39, 0.29) is 17.6 Å². The zero-order valence-corrected chi connectivity index (χ0v) is 21.7. The molecule has 3 heterocycles. The minimum absolute atomic E-state index is 0.0754. The number of aryl methyl sites for hydroxylation is 2. The predicted molar refractivity (Wildman–Crippen MR) is 133 cm³/mol. The molecule has 2 fully saturated rings. The summed E-state index contributed by atoms with van der Waals surface area (Å²) in [6, 6.07) is 3.83. The summed E-state index contributed by atoms with van der Waals surface area (Å²) in [5.41, 5.74) is 3.20. The predicted octanol–water partition coefficient (Wildman–Crippen LogP) is 6.00. The lowest BCUT2D eigenvalue weighted by molar-refractivity contribution is -0.00721. The molecule has 3 aliphatic rings. The molecule has 2 atom stereocenters. The Morgan fingerprint density at radius 1 is 1.17 bits per heavy atom. The van der Waals surface area contributed by atoms with Crippen molar-refractivity contribution in [1.29, 1.82) is 0 Å². The molecule has 1 saturated carbocycles. The number of hydrogen-bond donors (Lipinski definition) is 1.